The first-order valence-electron chi connectivity index (χ1n) is 11.7. The highest BCUT2D eigenvalue weighted by molar-refractivity contribution is 9.10. The predicted molar refractivity (Wildman–Crippen MR) is 156 cm³/mol. The van der Waals surface area contributed by atoms with Crippen molar-refractivity contribution < 1.29 is 23.9 Å². The Hall–Kier alpha value is -4.80. The van der Waals surface area contributed by atoms with Crippen LogP contribution < -0.4 is 20.8 Å². The van der Waals surface area contributed by atoms with Crippen LogP contribution in [0, 0.1) is 0 Å². The standard InChI is InChI=1S/C29H20BrClN4O5/c30-20-9-13-22(14-10-20)33-26(36)24-3-1-2-4-25(24)34-27(37)28(38)35-32-17-18-5-15-23(16-6-18)40-29(39)19-7-11-21(31)12-8-19/h1-17H,(H,33,36)(H,34,37)(H,35,38)/b32-17+. The van der Waals surface area contributed by atoms with E-state index in [1.807, 2.05) is 0 Å². The minimum absolute atomic E-state index is 0.157. The van der Waals surface area contributed by atoms with Crippen molar-refractivity contribution >= 4 is 68.8 Å². The molecule has 0 saturated heterocycles. The van der Waals surface area contributed by atoms with Gasteiger partial charge in [0.15, 0.2) is 0 Å². The molecule has 0 aromatic heterocycles. The van der Waals surface area contributed by atoms with Crippen LogP contribution in [0.15, 0.2) is 107 Å². The fraction of sp³-hybridized carbons (Fsp3) is 0. The summed E-state index contributed by atoms with van der Waals surface area (Å²) in [7, 11) is 0. The highest BCUT2D eigenvalue weighted by Gasteiger charge is 2.18. The number of rotatable bonds is 7. The number of benzene rings is 4. The fourth-order valence-corrected chi connectivity index (χ4v) is 3.68. The van der Waals surface area contributed by atoms with Crippen LogP contribution in [-0.4, -0.2) is 29.9 Å². The van der Waals surface area contributed by atoms with Gasteiger partial charge in [-0.25, -0.2) is 10.2 Å². The van der Waals surface area contributed by atoms with E-state index in [2.05, 4.69) is 37.1 Å². The van der Waals surface area contributed by atoms with E-state index in [1.165, 1.54) is 18.3 Å². The molecular formula is C29H20BrClN4O5. The third kappa shape index (κ3) is 7.85. The molecule has 3 amide bonds. The molecule has 0 heterocycles. The number of para-hydroxylation sites is 1. The number of nitrogens with one attached hydrogen (secondary N) is 3. The molecule has 0 fully saturated rings. The first-order valence-corrected chi connectivity index (χ1v) is 12.8. The zero-order valence-corrected chi connectivity index (χ0v) is 22.9. The van der Waals surface area contributed by atoms with Gasteiger partial charge < -0.3 is 15.4 Å². The number of nitrogens with zero attached hydrogens (tertiary/aromatic N) is 1. The number of esters is 1. The number of carbonyl (C=O) groups excluding carboxylic acids is 4. The molecule has 0 saturated carbocycles. The number of ether oxygens (including phenoxy) is 1. The van der Waals surface area contributed by atoms with Gasteiger partial charge in [-0.3, -0.25) is 14.4 Å². The normalized spacial score (nSPS) is 10.6. The number of amides is 3. The molecule has 0 spiro atoms. The van der Waals surface area contributed by atoms with Crippen molar-refractivity contribution in [1.29, 1.82) is 0 Å². The third-order valence-corrected chi connectivity index (χ3v) is 6.06. The Bertz CT molecular complexity index is 1570. The second-order valence-electron chi connectivity index (χ2n) is 8.13. The van der Waals surface area contributed by atoms with E-state index >= 15 is 0 Å². The van der Waals surface area contributed by atoms with Gasteiger partial charge in [-0.05, 0) is 90.5 Å². The lowest BCUT2D eigenvalue weighted by molar-refractivity contribution is -0.136. The lowest BCUT2D eigenvalue weighted by atomic mass is 10.1. The van der Waals surface area contributed by atoms with Crippen LogP contribution in [0.1, 0.15) is 26.3 Å². The Kier molecular flexibility index (Phi) is 9.39. The highest BCUT2D eigenvalue weighted by atomic mass is 79.9. The van der Waals surface area contributed by atoms with E-state index in [4.69, 9.17) is 16.3 Å². The summed E-state index contributed by atoms with van der Waals surface area (Å²) in [6, 6.07) is 25.9. The zero-order valence-electron chi connectivity index (χ0n) is 20.6. The molecule has 11 heteroatoms. The van der Waals surface area contributed by atoms with Gasteiger partial charge in [0.1, 0.15) is 5.75 Å². The summed E-state index contributed by atoms with van der Waals surface area (Å²) in [4.78, 5) is 49.6. The van der Waals surface area contributed by atoms with E-state index in [0.717, 1.165) is 4.47 Å². The number of carbonyl (C=O) groups is 4. The maximum Gasteiger partial charge on any atom is 0.343 e. The molecule has 0 radical (unpaired) electrons. The first-order chi connectivity index (χ1) is 19.3. The van der Waals surface area contributed by atoms with Crippen molar-refractivity contribution in [1.82, 2.24) is 5.43 Å². The number of hydrazone groups is 1. The van der Waals surface area contributed by atoms with Crippen LogP contribution >= 0.6 is 27.5 Å². The molecule has 40 heavy (non-hydrogen) atoms. The highest BCUT2D eigenvalue weighted by Crippen LogP contribution is 2.19. The molecule has 4 aromatic rings. The quantitative estimate of drug-likeness (QED) is 0.0809. The average Bonchev–Trinajstić information content (AvgIpc) is 2.95. The summed E-state index contributed by atoms with van der Waals surface area (Å²) in [5, 5.41) is 9.46. The maximum absolute atomic E-state index is 12.7. The smallest absolute Gasteiger partial charge is 0.343 e. The molecule has 0 aliphatic rings. The third-order valence-electron chi connectivity index (χ3n) is 5.28. The van der Waals surface area contributed by atoms with Crippen molar-refractivity contribution in [3.63, 3.8) is 0 Å². The molecule has 9 nitrogen and oxygen atoms in total. The Balaban J connectivity index is 1.30. The molecule has 3 N–H and O–H groups in total. The molecule has 4 rings (SSSR count). The van der Waals surface area contributed by atoms with Crippen LogP contribution in [-0.2, 0) is 9.59 Å². The summed E-state index contributed by atoms with van der Waals surface area (Å²) in [6.07, 6.45) is 1.32. The van der Waals surface area contributed by atoms with Crippen LogP contribution in [0.4, 0.5) is 11.4 Å². The minimum atomic E-state index is -1.03. The van der Waals surface area contributed by atoms with E-state index in [-0.39, 0.29) is 11.3 Å². The fourth-order valence-electron chi connectivity index (χ4n) is 3.29. The van der Waals surface area contributed by atoms with Gasteiger partial charge in [-0.2, -0.15) is 5.10 Å². The average molecular weight is 620 g/mol. The van der Waals surface area contributed by atoms with Crippen LogP contribution in [0.25, 0.3) is 0 Å². The monoisotopic (exact) mass is 618 g/mol. The SMILES string of the molecule is O=C(N/N=C/c1ccc(OC(=O)c2ccc(Cl)cc2)cc1)C(=O)Nc1ccccc1C(=O)Nc1ccc(Br)cc1. The predicted octanol–water partition coefficient (Wildman–Crippen LogP) is 5.66. The Morgan fingerprint density at radius 3 is 2.15 bits per heavy atom. The van der Waals surface area contributed by atoms with Gasteiger partial charge in [-0.1, -0.05) is 39.7 Å². The lowest BCUT2D eigenvalue weighted by Gasteiger charge is -2.11. The summed E-state index contributed by atoms with van der Waals surface area (Å²) < 4.78 is 6.17. The lowest BCUT2D eigenvalue weighted by Crippen LogP contribution is -2.33. The largest absolute Gasteiger partial charge is 0.423 e. The molecule has 0 aliphatic carbocycles. The summed E-state index contributed by atoms with van der Waals surface area (Å²) in [5.41, 5.74) is 3.95. The summed E-state index contributed by atoms with van der Waals surface area (Å²) in [6.45, 7) is 0. The van der Waals surface area contributed by atoms with Crippen molar-refractivity contribution in [3.8, 4) is 5.75 Å². The molecule has 0 unspecified atom stereocenters. The molecule has 0 aliphatic heterocycles. The van der Waals surface area contributed by atoms with Crippen molar-refractivity contribution in [3.05, 3.63) is 123 Å². The van der Waals surface area contributed by atoms with Gasteiger partial charge in [0.25, 0.3) is 5.91 Å². The van der Waals surface area contributed by atoms with E-state index in [0.29, 0.717) is 27.6 Å². The van der Waals surface area contributed by atoms with Gasteiger partial charge >= 0.3 is 17.8 Å². The zero-order chi connectivity index (χ0) is 28.5. The van der Waals surface area contributed by atoms with E-state index in [9.17, 15) is 19.2 Å². The van der Waals surface area contributed by atoms with Crippen LogP contribution in [0.3, 0.4) is 0 Å². The number of hydrogen-bond acceptors (Lipinski definition) is 6. The molecule has 200 valence electrons. The van der Waals surface area contributed by atoms with Gasteiger partial charge in [0.05, 0.1) is 23.0 Å². The number of anilines is 2. The maximum atomic E-state index is 12.7. The Labute approximate surface area is 242 Å². The van der Waals surface area contributed by atoms with Crippen LogP contribution in [0.2, 0.25) is 5.02 Å². The second kappa shape index (κ2) is 13.3. The van der Waals surface area contributed by atoms with Gasteiger partial charge in [0, 0.05) is 15.2 Å². The van der Waals surface area contributed by atoms with Crippen molar-refractivity contribution in [2.24, 2.45) is 5.10 Å². The van der Waals surface area contributed by atoms with Gasteiger partial charge in [0.2, 0.25) is 0 Å². The van der Waals surface area contributed by atoms with Crippen molar-refractivity contribution in [2.75, 3.05) is 10.6 Å². The molecule has 4 aromatic carbocycles. The molecular weight excluding hydrogens is 600 g/mol. The molecule has 0 atom stereocenters. The summed E-state index contributed by atoms with van der Waals surface area (Å²) in [5.74, 6) is -2.73. The number of halogens is 2. The van der Waals surface area contributed by atoms with Crippen molar-refractivity contribution in [2.45, 2.75) is 0 Å². The Morgan fingerprint density at radius 1 is 0.775 bits per heavy atom. The first kappa shape index (κ1) is 28.2. The summed E-state index contributed by atoms with van der Waals surface area (Å²) >= 11 is 9.16. The van der Waals surface area contributed by atoms with Gasteiger partial charge in [-0.15, -0.1) is 0 Å². The topological polar surface area (TPSA) is 126 Å². The van der Waals surface area contributed by atoms with E-state index < -0.39 is 23.7 Å². The van der Waals surface area contributed by atoms with Crippen LogP contribution in [0.5, 0.6) is 5.75 Å². The second-order valence-corrected chi connectivity index (χ2v) is 9.48. The Morgan fingerprint density at radius 2 is 1.45 bits per heavy atom. The number of hydrogen-bond donors (Lipinski definition) is 3. The molecule has 0 bridgehead atoms. The minimum Gasteiger partial charge on any atom is -0.423 e. The van der Waals surface area contributed by atoms with E-state index in [1.54, 1.807) is 84.9 Å².